The topological polar surface area (TPSA) is 0 Å². The number of hydrogen-bond acceptors (Lipinski definition) is 2. The molecule has 0 spiro atoms. The lowest BCUT2D eigenvalue weighted by molar-refractivity contribution is -0.105. The monoisotopic (exact) mass is 390 g/mol. The van der Waals surface area contributed by atoms with Gasteiger partial charge in [-0.3, -0.25) is 0 Å². The van der Waals surface area contributed by atoms with Gasteiger partial charge in [0.25, 0.3) is 0 Å². The van der Waals surface area contributed by atoms with Crippen molar-refractivity contribution in [3.8, 4) is 0 Å². The molecule has 0 aliphatic rings. The van der Waals surface area contributed by atoms with E-state index in [9.17, 15) is 26.3 Å². The van der Waals surface area contributed by atoms with E-state index in [0.717, 1.165) is 34.9 Å². The molecule has 0 aliphatic carbocycles. The molecule has 138 valence electrons. The van der Waals surface area contributed by atoms with Crippen LogP contribution in [-0.2, 0) is 6.42 Å². The van der Waals surface area contributed by atoms with Crippen LogP contribution in [-0.4, -0.2) is 23.2 Å². The predicted molar refractivity (Wildman–Crippen MR) is 88.8 cm³/mol. The lowest BCUT2D eigenvalue weighted by Gasteiger charge is -2.13. The summed E-state index contributed by atoms with van der Waals surface area (Å²) < 4.78 is 73.1. The Balaban J connectivity index is 2.50. The fourth-order valence-electron chi connectivity index (χ4n) is 2.24. The minimum absolute atomic E-state index is 0.0136. The van der Waals surface area contributed by atoms with Crippen molar-refractivity contribution in [2.24, 2.45) is 0 Å². The predicted octanol–water partition coefficient (Wildman–Crippen LogP) is 6.92. The Morgan fingerprint density at radius 2 is 1.54 bits per heavy atom. The van der Waals surface area contributed by atoms with Crippen LogP contribution >= 0.6 is 23.5 Å². The van der Waals surface area contributed by atoms with Gasteiger partial charge in [0, 0.05) is 10.6 Å². The van der Waals surface area contributed by atoms with E-state index in [1.54, 1.807) is 13.0 Å². The first-order valence-electron chi connectivity index (χ1n) is 7.48. The number of unbranched alkanes of at least 4 members (excludes halogenated alkanes) is 2. The molecule has 0 amide bonds. The van der Waals surface area contributed by atoms with Gasteiger partial charge in [0.15, 0.2) is 0 Å². The van der Waals surface area contributed by atoms with Crippen LogP contribution in [0.5, 0.6) is 0 Å². The Bertz CT molecular complexity index is 523. The zero-order valence-electron chi connectivity index (χ0n) is 13.5. The van der Waals surface area contributed by atoms with Crippen molar-refractivity contribution in [3.05, 3.63) is 28.8 Å². The fraction of sp³-hybridized carbons (Fsp3) is 0.625. The van der Waals surface area contributed by atoms with Crippen LogP contribution in [0.3, 0.4) is 0 Å². The quantitative estimate of drug-likeness (QED) is 0.268. The first kappa shape index (κ1) is 21.5. The number of rotatable bonds is 8. The Labute approximate surface area is 146 Å². The van der Waals surface area contributed by atoms with Gasteiger partial charge >= 0.3 is 11.7 Å². The molecule has 0 fully saturated rings. The molecule has 0 unspecified atom stereocenters. The van der Waals surface area contributed by atoms with Gasteiger partial charge in [0.1, 0.15) is 0 Å². The molecule has 24 heavy (non-hydrogen) atoms. The highest BCUT2D eigenvalue weighted by atomic mass is 32.2. The van der Waals surface area contributed by atoms with Gasteiger partial charge in [-0.1, -0.05) is 24.2 Å². The molecule has 0 N–H and O–H groups in total. The number of thioether (sulfide) groups is 2. The maximum Gasteiger partial charge on any atom is 0.441 e. The van der Waals surface area contributed by atoms with E-state index in [2.05, 4.69) is 0 Å². The highest BCUT2D eigenvalue weighted by molar-refractivity contribution is 8.00. The number of halogens is 6. The standard InChI is InChI=1S/C16H20F6S2/c1-11-8-12(2)14(23-10-15(17,18)19)9-13(11)6-4-3-5-7-24-16(20,21)22/h8-9H,3-7,10H2,1-2H3. The van der Waals surface area contributed by atoms with Crippen molar-refractivity contribution in [3.63, 3.8) is 0 Å². The van der Waals surface area contributed by atoms with Crippen molar-refractivity contribution >= 4 is 23.5 Å². The summed E-state index contributed by atoms with van der Waals surface area (Å²) in [6, 6.07) is 3.65. The van der Waals surface area contributed by atoms with Crippen LogP contribution in [0.4, 0.5) is 26.3 Å². The number of hydrogen-bond donors (Lipinski definition) is 0. The van der Waals surface area contributed by atoms with Crippen molar-refractivity contribution in [1.29, 1.82) is 0 Å². The summed E-state index contributed by atoms with van der Waals surface area (Å²) in [6.45, 7) is 3.68. The summed E-state index contributed by atoms with van der Waals surface area (Å²) in [5, 5.41) is 0. The van der Waals surface area contributed by atoms with Crippen LogP contribution < -0.4 is 0 Å². The molecule has 0 saturated carbocycles. The zero-order chi connectivity index (χ0) is 18.4. The van der Waals surface area contributed by atoms with Gasteiger partial charge in [0.05, 0.1) is 5.75 Å². The molecule has 0 bridgehead atoms. The molecule has 0 heterocycles. The molecule has 1 aromatic carbocycles. The highest BCUT2D eigenvalue weighted by Gasteiger charge is 2.28. The van der Waals surface area contributed by atoms with Gasteiger partial charge in [-0.2, -0.15) is 26.3 Å². The third-order valence-corrected chi connectivity index (χ3v) is 5.42. The summed E-state index contributed by atoms with van der Waals surface area (Å²) in [5.74, 6) is -0.881. The molecule has 1 rings (SSSR count). The van der Waals surface area contributed by atoms with E-state index in [-0.39, 0.29) is 17.5 Å². The van der Waals surface area contributed by atoms with Crippen molar-refractivity contribution in [1.82, 2.24) is 0 Å². The van der Waals surface area contributed by atoms with Crippen molar-refractivity contribution in [2.75, 3.05) is 11.5 Å². The fourth-order valence-corrected chi connectivity index (χ4v) is 3.65. The molecular weight excluding hydrogens is 370 g/mol. The summed E-state index contributed by atoms with van der Waals surface area (Å²) in [4.78, 5) is 0.612. The van der Waals surface area contributed by atoms with Crippen LogP contribution in [0, 0.1) is 13.8 Å². The first-order valence-corrected chi connectivity index (χ1v) is 9.45. The summed E-state index contributed by atoms with van der Waals surface area (Å²) in [7, 11) is 0. The lowest BCUT2D eigenvalue weighted by atomic mass is 10.0. The second kappa shape index (κ2) is 9.27. The maximum absolute atomic E-state index is 12.4. The zero-order valence-corrected chi connectivity index (χ0v) is 15.1. The Morgan fingerprint density at radius 3 is 2.12 bits per heavy atom. The average molecular weight is 390 g/mol. The van der Waals surface area contributed by atoms with Crippen LogP contribution in [0.15, 0.2) is 17.0 Å². The van der Waals surface area contributed by atoms with Crippen LogP contribution in [0.2, 0.25) is 0 Å². The van der Waals surface area contributed by atoms with Gasteiger partial charge < -0.3 is 0 Å². The Kier molecular flexibility index (Phi) is 8.32. The molecule has 1 aromatic rings. The first-order chi connectivity index (χ1) is 11.0. The van der Waals surface area contributed by atoms with Crippen LogP contribution in [0.1, 0.15) is 36.0 Å². The molecular formula is C16H20F6S2. The van der Waals surface area contributed by atoms with Crippen LogP contribution in [0.25, 0.3) is 0 Å². The minimum Gasteiger partial charge on any atom is -0.170 e. The summed E-state index contributed by atoms with van der Waals surface area (Å²) in [6.07, 6.45) is -1.67. The average Bonchev–Trinajstić information content (AvgIpc) is 2.41. The lowest BCUT2D eigenvalue weighted by Crippen LogP contribution is -2.10. The van der Waals surface area contributed by atoms with E-state index in [0.29, 0.717) is 24.2 Å². The molecule has 0 saturated heterocycles. The normalized spacial score (nSPS) is 12.7. The molecule has 8 heteroatoms. The highest BCUT2D eigenvalue weighted by Crippen LogP contribution is 2.32. The maximum atomic E-state index is 12.4. The Morgan fingerprint density at radius 1 is 0.875 bits per heavy atom. The van der Waals surface area contributed by atoms with Gasteiger partial charge in [-0.05, 0) is 55.9 Å². The van der Waals surface area contributed by atoms with E-state index < -0.39 is 17.4 Å². The van der Waals surface area contributed by atoms with Crippen molar-refractivity contribution < 1.29 is 26.3 Å². The third-order valence-electron chi connectivity index (χ3n) is 3.38. The molecule has 0 aliphatic heterocycles. The summed E-state index contributed by atoms with van der Waals surface area (Å²) in [5.41, 5.74) is -1.40. The van der Waals surface area contributed by atoms with Gasteiger partial charge in [-0.25, -0.2) is 0 Å². The minimum atomic E-state index is -4.21. The summed E-state index contributed by atoms with van der Waals surface area (Å²) >= 11 is 0.760. The van der Waals surface area contributed by atoms with Gasteiger partial charge in [0.2, 0.25) is 0 Å². The van der Waals surface area contributed by atoms with Crippen molar-refractivity contribution in [2.45, 2.75) is 56.1 Å². The second-order valence-corrected chi connectivity index (χ2v) is 7.73. The smallest absolute Gasteiger partial charge is 0.170 e. The molecule has 0 atom stereocenters. The Hall–Kier alpha value is -0.500. The van der Waals surface area contributed by atoms with E-state index in [1.807, 2.05) is 13.0 Å². The van der Waals surface area contributed by atoms with Gasteiger partial charge in [-0.15, -0.1) is 11.8 Å². The van der Waals surface area contributed by atoms with E-state index in [4.69, 9.17) is 0 Å². The van der Waals surface area contributed by atoms with E-state index >= 15 is 0 Å². The number of benzene rings is 1. The van der Waals surface area contributed by atoms with E-state index in [1.165, 1.54) is 0 Å². The molecule has 0 radical (unpaired) electrons. The number of aryl methyl sites for hydroxylation is 3. The second-order valence-electron chi connectivity index (χ2n) is 5.55. The molecule has 0 nitrogen and oxygen atoms in total. The third kappa shape index (κ3) is 9.11. The largest absolute Gasteiger partial charge is 0.441 e. The molecule has 0 aromatic heterocycles. The SMILES string of the molecule is Cc1cc(C)c(SCC(F)(F)F)cc1CCCCCSC(F)(F)F. The number of alkyl halides is 6.